The largest absolute Gasteiger partial charge is 0.329 e. The third kappa shape index (κ3) is 2.57. The Morgan fingerprint density at radius 2 is 1.69 bits per heavy atom. The Balaban J connectivity index is 2.01. The molecular weight excluding hydrogens is 364 g/mol. The van der Waals surface area contributed by atoms with Crippen molar-refractivity contribution in [2.75, 3.05) is 6.54 Å². The minimum atomic E-state index is -0.376. The number of hydrogen-bond donors (Lipinski definition) is 1. The van der Waals surface area contributed by atoms with E-state index in [2.05, 4.69) is 0 Å². The van der Waals surface area contributed by atoms with E-state index >= 15 is 0 Å². The third-order valence-electron chi connectivity index (χ3n) is 5.16. The molecule has 0 saturated carbocycles. The van der Waals surface area contributed by atoms with Crippen LogP contribution in [0.1, 0.15) is 5.82 Å². The first-order chi connectivity index (χ1) is 14.2. The van der Waals surface area contributed by atoms with E-state index in [1.54, 1.807) is 12.1 Å². The highest BCUT2D eigenvalue weighted by atomic mass is 16.1. The van der Waals surface area contributed by atoms with Gasteiger partial charge in [-0.3, -0.25) is 14.2 Å². The minimum absolute atomic E-state index is 0.0775. The second kappa shape index (κ2) is 6.68. The van der Waals surface area contributed by atoms with Gasteiger partial charge >= 0.3 is 0 Å². The van der Waals surface area contributed by atoms with E-state index < -0.39 is 0 Å². The fraction of sp³-hybridized carbons (Fsp3) is 0.0870. The summed E-state index contributed by atoms with van der Waals surface area (Å²) >= 11 is 0. The summed E-state index contributed by atoms with van der Waals surface area (Å²) < 4.78 is 3.38. The van der Waals surface area contributed by atoms with Gasteiger partial charge < -0.3 is 10.3 Å². The van der Waals surface area contributed by atoms with Crippen molar-refractivity contribution in [1.29, 1.82) is 0 Å². The van der Waals surface area contributed by atoms with Gasteiger partial charge in [0.2, 0.25) is 5.43 Å². The molecule has 0 fully saturated rings. The van der Waals surface area contributed by atoms with E-state index in [0.29, 0.717) is 35.6 Å². The molecule has 6 nitrogen and oxygen atoms in total. The van der Waals surface area contributed by atoms with Gasteiger partial charge in [-0.15, -0.1) is 0 Å². The summed E-state index contributed by atoms with van der Waals surface area (Å²) in [5.74, 6) is 0.511. The lowest BCUT2D eigenvalue weighted by Gasteiger charge is -2.19. The van der Waals surface area contributed by atoms with Crippen LogP contribution in [0, 0.1) is 0 Å². The SMILES string of the molecule is NCCn1c2ccccc2c(=O)c2c(=O)n(-c3ccccc3)c(C3=CC=C3)nc21. The minimum Gasteiger partial charge on any atom is -0.329 e. The first kappa shape index (κ1) is 17.3. The van der Waals surface area contributed by atoms with Crippen molar-refractivity contribution in [2.24, 2.45) is 5.73 Å². The van der Waals surface area contributed by atoms with Crippen molar-refractivity contribution in [3.05, 3.63) is 99.2 Å². The highest BCUT2D eigenvalue weighted by Gasteiger charge is 2.21. The maximum atomic E-state index is 13.6. The molecule has 2 aromatic heterocycles. The maximum Gasteiger partial charge on any atom is 0.271 e. The van der Waals surface area contributed by atoms with Gasteiger partial charge in [0.25, 0.3) is 5.56 Å². The Morgan fingerprint density at radius 1 is 0.966 bits per heavy atom. The number of rotatable bonds is 4. The zero-order valence-corrected chi connectivity index (χ0v) is 15.6. The van der Waals surface area contributed by atoms with Gasteiger partial charge in [-0.25, -0.2) is 4.98 Å². The molecule has 0 spiro atoms. The van der Waals surface area contributed by atoms with Crippen LogP contribution in [-0.4, -0.2) is 20.7 Å². The average Bonchev–Trinajstić information content (AvgIpc) is 2.70. The van der Waals surface area contributed by atoms with Crippen LogP contribution in [0.5, 0.6) is 0 Å². The molecule has 2 aromatic carbocycles. The lowest BCUT2D eigenvalue weighted by Crippen LogP contribution is -2.30. The molecule has 5 rings (SSSR count). The molecule has 0 saturated heterocycles. The van der Waals surface area contributed by atoms with E-state index in [4.69, 9.17) is 10.7 Å². The third-order valence-corrected chi connectivity index (χ3v) is 5.16. The standard InChI is InChI=1S/C23H18N4O2/c24-13-14-26-18-12-5-4-11-17(18)20(28)19-22(26)25-21(15-7-6-8-15)27(23(19)29)16-9-2-1-3-10-16/h1-12H,13-14,24H2. The molecule has 2 N–H and O–H groups in total. The second-order valence-electron chi connectivity index (χ2n) is 6.88. The zero-order valence-electron chi connectivity index (χ0n) is 15.6. The first-order valence-electron chi connectivity index (χ1n) is 9.43. The van der Waals surface area contributed by atoms with E-state index in [9.17, 15) is 9.59 Å². The van der Waals surface area contributed by atoms with Crippen molar-refractivity contribution in [3.8, 4) is 5.69 Å². The van der Waals surface area contributed by atoms with Gasteiger partial charge in [0.1, 0.15) is 11.2 Å². The fourth-order valence-electron chi connectivity index (χ4n) is 3.76. The van der Waals surface area contributed by atoms with Crippen LogP contribution in [0.2, 0.25) is 0 Å². The Hall–Kier alpha value is -3.77. The molecule has 2 heterocycles. The van der Waals surface area contributed by atoms with Crippen molar-refractivity contribution < 1.29 is 0 Å². The monoisotopic (exact) mass is 382 g/mol. The number of pyridine rings is 1. The molecule has 0 unspecified atom stereocenters. The molecule has 4 aromatic rings. The maximum absolute atomic E-state index is 13.6. The number of aromatic nitrogens is 3. The molecule has 0 atom stereocenters. The van der Waals surface area contributed by atoms with E-state index in [-0.39, 0.29) is 16.4 Å². The number of nitrogens with two attached hydrogens (primary N) is 1. The number of nitrogens with zero attached hydrogens (tertiary/aromatic N) is 3. The Bertz CT molecular complexity index is 1440. The molecule has 6 heteroatoms. The predicted molar refractivity (Wildman–Crippen MR) is 115 cm³/mol. The molecule has 1 aliphatic carbocycles. The van der Waals surface area contributed by atoms with Crippen LogP contribution in [-0.2, 0) is 6.54 Å². The molecule has 0 bridgehead atoms. The highest BCUT2D eigenvalue weighted by Crippen LogP contribution is 2.24. The lowest BCUT2D eigenvalue weighted by molar-refractivity contribution is 0.740. The Labute approximate surface area is 165 Å². The molecular formula is C23H18N4O2. The fourth-order valence-corrected chi connectivity index (χ4v) is 3.76. The van der Waals surface area contributed by atoms with Crippen molar-refractivity contribution in [2.45, 2.75) is 6.54 Å². The van der Waals surface area contributed by atoms with Gasteiger partial charge in [0, 0.05) is 24.0 Å². The van der Waals surface area contributed by atoms with Crippen molar-refractivity contribution >= 4 is 27.5 Å². The van der Waals surface area contributed by atoms with Crippen molar-refractivity contribution in [3.63, 3.8) is 0 Å². The molecule has 0 amide bonds. The molecule has 0 radical (unpaired) electrons. The topological polar surface area (TPSA) is 82.9 Å². The summed E-state index contributed by atoms with van der Waals surface area (Å²) in [5.41, 5.74) is 7.76. The van der Waals surface area contributed by atoms with Crippen LogP contribution in [0.4, 0.5) is 0 Å². The normalized spacial score (nSPS) is 12.9. The second-order valence-corrected chi connectivity index (χ2v) is 6.88. The summed E-state index contributed by atoms with van der Waals surface area (Å²) in [7, 11) is 0. The number of fused-ring (bicyclic) bond motifs is 2. The number of allylic oxidation sites excluding steroid dienone is 4. The summed E-state index contributed by atoms with van der Waals surface area (Å²) in [5, 5.41) is 0.566. The summed E-state index contributed by atoms with van der Waals surface area (Å²) in [6.07, 6.45) is 5.70. The number of para-hydroxylation sites is 2. The molecule has 1 aliphatic rings. The van der Waals surface area contributed by atoms with Gasteiger partial charge in [-0.2, -0.15) is 0 Å². The predicted octanol–water partition coefficient (Wildman–Crippen LogP) is 2.61. The molecule has 29 heavy (non-hydrogen) atoms. The van der Waals surface area contributed by atoms with Crippen molar-refractivity contribution in [1.82, 2.24) is 14.1 Å². The smallest absolute Gasteiger partial charge is 0.271 e. The van der Waals surface area contributed by atoms with E-state index in [1.165, 1.54) is 4.57 Å². The van der Waals surface area contributed by atoms with Gasteiger partial charge in [-0.05, 0) is 24.3 Å². The Kier molecular flexibility index (Phi) is 4.00. The molecule has 142 valence electrons. The van der Waals surface area contributed by atoms with Gasteiger partial charge in [0.05, 0.1) is 11.2 Å². The summed E-state index contributed by atoms with van der Waals surface area (Å²) in [6.45, 7) is 0.816. The molecule has 0 aliphatic heterocycles. The average molecular weight is 382 g/mol. The zero-order chi connectivity index (χ0) is 20.0. The van der Waals surface area contributed by atoms with Gasteiger partial charge in [0.15, 0.2) is 5.65 Å². The lowest BCUT2D eigenvalue weighted by atomic mass is 10.1. The van der Waals surface area contributed by atoms with Gasteiger partial charge in [-0.1, -0.05) is 48.6 Å². The van der Waals surface area contributed by atoms with E-state index in [0.717, 1.165) is 11.1 Å². The summed E-state index contributed by atoms with van der Waals surface area (Å²) in [6, 6.07) is 16.5. The van der Waals surface area contributed by atoms with Crippen LogP contribution < -0.4 is 16.7 Å². The number of benzene rings is 2. The van der Waals surface area contributed by atoms with Crippen LogP contribution in [0.25, 0.3) is 33.2 Å². The van der Waals surface area contributed by atoms with Crippen LogP contribution >= 0.6 is 0 Å². The van der Waals surface area contributed by atoms with Crippen LogP contribution in [0.15, 0.2) is 82.4 Å². The Morgan fingerprint density at radius 3 is 2.38 bits per heavy atom. The first-order valence-corrected chi connectivity index (χ1v) is 9.43. The summed E-state index contributed by atoms with van der Waals surface area (Å²) in [4.78, 5) is 31.7. The van der Waals surface area contributed by atoms with Crippen LogP contribution in [0.3, 0.4) is 0 Å². The number of hydrogen-bond acceptors (Lipinski definition) is 4. The highest BCUT2D eigenvalue weighted by molar-refractivity contribution is 5.92. The quantitative estimate of drug-likeness (QED) is 0.550. The van der Waals surface area contributed by atoms with E-state index in [1.807, 2.05) is 65.3 Å².